The maximum Gasteiger partial charge on any atom is 0.338 e. The van der Waals surface area contributed by atoms with Crippen molar-refractivity contribution in [3.63, 3.8) is 0 Å². The number of methoxy groups -OCH3 is 3. The molecule has 0 aromatic heterocycles. The van der Waals surface area contributed by atoms with Crippen LogP contribution in [-0.4, -0.2) is 55.0 Å². The number of carbonyl (C=O) groups excluding carboxylic acids is 1. The summed E-state index contributed by atoms with van der Waals surface area (Å²) in [5, 5.41) is 35.2. The van der Waals surface area contributed by atoms with Gasteiger partial charge in [-0.05, 0) is 36.8 Å². The topological polar surface area (TPSA) is 133 Å². The van der Waals surface area contributed by atoms with Crippen molar-refractivity contribution in [2.75, 3.05) is 28.1 Å². The number of hydrogen-bond donors (Lipinski definition) is 3. The summed E-state index contributed by atoms with van der Waals surface area (Å²) < 4.78 is 33.9. The van der Waals surface area contributed by atoms with E-state index in [1.165, 1.54) is 34.3 Å². The van der Waals surface area contributed by atoms with Crippen LogP contribution in [-0.2, 0) is 4.74 Å². The highest BCUT2D eigenvalue weighted by Crippen LogP contribution is 2.60. The van der Waals surface area contributed by atoms with Crippen LogP contribution >= 0.6 is 0 Å². The van der Waals surface area contributed by atoms with Crippen molar-refractivity contribution in [1.82, 2.24) is 0 Å². The monoisotopic (exact) mass is 538 g/mol. The second-order valence-electron chi connectivity index (χ2n) is 9.64. The lowest BCUT2D eigenvalue weighted by Gasteiger charge is -2.42. The van der Waals surface area contributed by atoms with Crippen LogP contribution in [0.3, 0.4) is 0 Å². The molecule has 10 heteroatoms. The predicted octanol–water partition coefficient (Wildman–Crippen LogP) is 4.15. The molecule has 1 aliphatic heterocycles. The Bertz CT molecular complexity index is 1420. The van der Waals surface area contributed by atoms with Gasteiger partial charge in [-0.3, -0.25) is 0 Å². The number of aromatic hydroxyl groups is 1. The van der Waals surface area contributed by atoms with Crippen molar-refractivity contribution in [3.05, 3.63) is 59.2 Å². The normalized spacial score (nSPS) is 23.1. The van der Waals surface area contributed by atoms with Crippen molar-refractivity contribution < 1.29 is 48.5 Å². The van der Waals surface area contributed by atoms with Crippen molar-refractivity contribution in [2.24, 2.45) is 5.92 Å². The van der Waals surface area contributed by atoms with Gasteiger partial charge < -0.3 is 43.7 Å². The van der Waals surface area contributed by atoms with E-state index in [0.717, 1.165) is 0 Å². The zero-order valence-corrected chi connectivity index (χ0v) is 22.2. The summed E-state index contributed by atoms with van der Waals surface area (Å²) in [7, 11) is 4.19. The molecule has 4 atom stereocenters. The van der Waals surface area contributed by atoms with E-state index in [-0.39, 0.29) is 57.8 Å². The largest absolute Gasteiger partial charge is 0.504 e. The fourth-order valence-corrected chi connectivity index (χ4v) is 5.26. The number of rotatable bonds is 5. The van der Waals surface area contributed by atoms with Gasteiger partial charge in [-0.1, -0.05) is 25.1 Å². The van der Waals surface area contributed by atoms with E-state index in [9.17, 15) is 20.1 Å². The fourth-order valence-electron chi connectivity index (χ4n) is 5.26. The SMILES string of the molecule is COc1cc2c(c(O)c1OC)-c1c(cc3c(c1OC)OCO3)[C@H](O)[C@@H](C)[C@](C)(O)[C@H]2OC(=O)c1ccccc1. The molecular formula is C29H30O10. The van der Waals surface area contributed by atoms with Crippen molar-refractivity contribution in [2.45, 2.75) is 31.7 Å². The van der Waals surface area contributed by atoms with Gasteiger partial charge in [-0.2, -0.15) is 0 Å². The Hall–Kier alpha value is -4.15. The molecule has 3 aromatic carbocycles. The zero-order chi connectivity index (χ0) is 28.1. The van der Waals surface area contributed by atoms with E-state index in [2.05, 4.69) is 0 Å². The number of ether oxygens (including phenoxy) is 6. The number of esters is 1. The van der Waals surface area contributed by atoms with Crippen LogP contribution in [0.2, 0.25) is 0 Å². The summed E-state index contributed by atoms with van der Waals surface area (Å²) in [4.78, 5) is 13.3. The van der Waals surface area contributed by atoms with Crippen LogP contribution in [0, 0.1) is 5.92 Å². The van der Waals surface area contributed by atoms with Gasteiger partial charge in [0.1, 0.15) is 5.60 Å². The number of aliphatic hydroxyl groups excluding tert-OH is 1. The Kier molecular flexibility index (Phi) is 6.69. The predicted molar refractivity (Wildman–Crippen MR) is 139 cm³/mol. The molecule has 3 aromatic rings. The molecule has 206 valence electrons. The quantitative estimate of drug-likeness (QED) is 0.407. The Morgan fingerprint density at radius 2 is 1.67 bits per heavy atom. The van der Waals surface area contributed by atoms with Gasteiger partial charge in [0.2, 0.25) is 18.3 Å². The van der Waals surface area contributed by atoms with E-state index in [1.54, 1.807) is 43.3 Å². The lowest BCUT2D eigenvalue weighted by molar-refractivity contribution is -0.133. The van der Waals surface area contributed by atoms with E-state index in [4.69, 9.17) is 28.4 Å². The van der Waals surface area contributed by atoms with Crippen LogP contribution in [0.25, 0.3) is 11.1 Å². The highest BCUT2D eigenvalue weighted by Gasteiger charge is 2.50. The maximum absolute atomic E-state index is 13.3. The molecular weight excluding hydrogens is 508 g/mol. The van der Waals surface area contributed by atoms with Crippen LogP contribution in [0.1, 0.15) is 47.5 Å². The lowest BCUT2D eigenvalue weighted by Crippen LogP contribution is -2.45. The molecule has 1 aliphatic carbocycles. The molecule has 0 bridgehead atoms. The minimum Gasteiger partial charge on any atom is -0.504 e. The summed E-state index contributed by atoms with van der Waals surface area (Å²) in [6.07, 6.45) is -2.68. The molecule has 1 heterocycles. The number of hydrogen-bond acceptors (Lipinski definition) is 10. The smallest absolute Gasteiger partial charge is 0.338 e. The summed E-state index contributed by atoms with van der Waals surface area (Å²) in [6.45, 7) is 3.04. The second-order valence-corrected chi connectivity index (χ2v) is 9.64. The van der Waals surface area contributed by atoms with Gasteiger partial charge in [0, 0.05) is 22.6 Å². The van der Waals surface area contributed by atoms with Gasteiger partial charge in [-0.15, -0.1) is 0 Å². The van der Waals surface area contributed by atoms with Crippen LogP contribution in [0.4, 0.5) is 0 Å². The number of carbonyl (C=O) groups is 1. The van der Waals surface area contributed by atoms with E-state index in [1.807, 2.05) is 0 Å². The van der Waals surface area contributed by atoms with Crippen LogP contribution in [0.15, 0.2) is 42.5 Å². The van der Waals surface area contributed by atoms with Gasteiger partial charge in [0.05, 0.1) is 33.0 Å². The Labute approximate surface area is 225 Å². The van der Waals surface area contributed by atoms with Crippen molar-refractivity contribution in [1.29, 1.82) is 0 Å². The lowest BCUT2D eigenvalue weighted by atomic mass is 9.71. The second kappa shape index (κ2) is 9.87. The summed E-state index contributed by atoms with van der Waals surface area (Å²) in [6, 6.07) is 11.4. The zero-order valence-electron chi connectivity index (χ0n) is 22.2. The highest BCUT2D eigenvalue weighted by molar-refractivity contribution is 5.91. The summed E-state index contributed by atoms with van der Waals surface area (Å²) in [5.74, 6) is -1.03. The standard InChI is InChI=1S/C29H30O10/c1-14-22(30)16-11-19-25(38-13-37-19)26(36-5)21(16)20-17(12-18(34-3)24(35-4)23(20)31)27(29(14,2)33)39-28(32)15-9-7-6-8-10-15/h6-12,14,22,27,30-31,33H,13H2,1-5H3/t14-,22-,27+,29+/m1/s1. The summed E-state index contributed by atoms with van der Waals surface area (Å²) >= 11 is 0. The van der Waals surface area contributed by atoms with Gasteiger partial charge in [0.25, 0.3) is 0 Å². The maximum atomic E-state index is 13.3. The molecule has 10 nitrogen and oxygen atoms in total. The Morgan fingerprint density at radius 3 is 2.31 bits per heavy atom. The number of fused-ring (bicyclic) bond motifs is 4. The molecule has 5 rings (SSSR count). The number of phenolic OH excluding ortho intramolecular Hbond substituents is 1. The molecule has 0 unspecified atom stereocenters. The first kappa shape index (κ1) is 26.5. The van der Waals surface area contributed by atoms with Gasteiger partial charge in [-0.25, -0.2) is 4.79 Å². The number of aliphatic hydroxyl groups is 2. The molecule has 0 amide bonds. The minimum atomic E-state index is -1.84. The highest BCUT2D eigenvalue weighted by atomic mass is 16.7. The number of phenols is 1. The van der Waals surface area contributed by atoms with Crippen LogP contribution < -0.4 is 23.7 Å². The average Bonchev–Trinajstić information content (AvgIpc) is 3.42. The molecule has 0 fully saturated rings. The minimum absolute atomic E-state index is 0.00203. The summed E-state index contributed by atoms with van der Waals surface area (Å²) in [5.41, 5.74) is -0.694. The third-order valence-electron chi connectivity index (χ3n) is 7.54. The first-order valence-corrected chi connectivity index (χ1v) is 12.3. The first-order valence-electron chi connectivity index (χ1n) is 12.3. The third-order valence-corrected chi connectivity index (χ3v) is 7.54. The molecule has 2 aliphatic rings. The van der Waals surface area contributed by atoms with Crippen molar-refractivity contribution in [3.8, 4) is 45.6 Å². The molecule has 0 spiro atoms. The van der Waals surface area contributed by atoms with E-state index < -0.39 is 29.7 Å². The van der Waals surface area contributed by atoms with Gasteiger partial charge in [0.15, 0.2) is 29.1 Å². The molecule has 0 saturated carbocycles. The van der Waals surface area contributed by atoms with E-state index >= 15 is 0 Å². The fraction of sp³-hybridized carbons (Fsp3) is 0.345. The van der Waals surface area contributed by atoms with E-state index in [0.29, 0.717) is 11.3 Å². The molecule has 0 saturated heterocycles. The average molecular weight is 539 g/mol. The Morgan fingerprint density at radius 1 is 0.974 bits per heavy atom. The molecule has 0 radical (unpaired) electrons. The first-order chi connectivity index (χ1) is 18.6. The third kappa shape index (κ3) is 4.07. The molecule has 39 heavy (non-hydrogen) atoms. The van der Waals surface area contributed by atoms with Crippen molar-refractivity contribution >= 4 is 5.97 Å². The number of benzene rings is 3. The molecule has 3 N–H and O–H groups in total. The Balaban J connectivity index is 1.87. The van der Waals surface area contributed by atoms with Gasteiger partial charge >= 0.3 is 5.97 Å². The van der Waals surface area contributed by atoms with Crippen LogP contribution in [0.5, 0.6) is 34.5 Å².